The van der Waals surface area contributed by atoms with E-state index in [1.165, 1.54) is 24.1 Å². The first kappa shape index (κ1) is 20.4. The van der Waals surface area contributed by atoms with E-state index in [4.69, 9.17) is 4.74 Å². The second-order valence-electron chi connectivity index (χ2n) is 6.86. The average molecular weight is 394 g/mol. The van der Waals surface area contributed by atoms with E-state index in [0.29, 0.717) is 24.4 Å². The predicted molar refractivity (Wildman–Crippen MR) is 109 cm³/mol. The van der Waals surface area contributed by atoms with Crippen LogP contribution in [0.5, 0.6) is 0 Å². The van der Waals surface area contributed by atoms with Crippen molar-refractivity contribution in [3.8, 4) is 0 Å². The number of methoxy groups -OCH3 is 1. The summed E-state index contributed by atoms with van der Waals surface area (Å²) in [6.45, 7) is 2.35. The van der Waals surface area contributed by atoms with E-state index in [-0.39, 0.29) is 5.56 Å². The molecule has 1 aliphatic rings. The van der Waals surface area contributed by atoms with Gasteiger partial charge in [-0.2, -0.15) is 0 Å². The third-order valence-corrected chi connectivity index (χ3v) is 5.00. The summed E-state index contributed by atoms with van der Waals surface area (Å²) in [5, 5.41) is 0.832. The topological polar surface area (TPSA) is 85.7 Å². The normalized spacial score (nSPS) is 17.3. The van der Waals surface area contributed by atoms with Crippen LogP contribution in [-0.4, -0.2) is 47.7 Å². The molecular weight excluding hydrogens is 372 g/mol. The Labute approximate surface area is 167 Å². The highest BCUT2D eigenvalue weighted by molar-refractivity contribution is 6.26. The fraction of sp³-hybridized carbons (Fsp3) is 0.273. The van der Waals surface area contributed by atoms with Crippen molar-refractivity contribution in [1.29, 1.82) is 0 Å². The first-order valence-electron chi connectivity index (χ1n) is 9.18. The van der Waals surface area contributed by atoms with E-state index in [2.05, 4.69) is 0 Å². The summed E-state index contributed by atoms with van der Waals surface area (Å²) in [5.41, 5.74) is 1.27. The number of amides is 1. The molecule has 2 aromatic rings. The van der Waals surface area contributed by atoms with Gasteiger partial charge in [0, 0.05) is 38.0 Å². The number of para-hydroxylation sites is 1. The molecule has 3 rings (SSSR count). The first-order valence-corrected chi connectivity index (χ1v) is 9.18. The Hall–Kier alpha value is -3.32. The standard InChI is InChI=1S/C22H22N2O5/c1-14-12-19(26)20(22(28)23(14)2)18(25)9-8-16-13-15-6-4-5-7-17(15)24(21(16)27)10-11-29-3/h4-9,12-13,20H,10-11H2,1-3H3/b9-8+. The third-order valence-electron chi connectivity index (χ3n) is 5.00. The van der Waals surface area contributed by atoms with Crippen LogP contribution in [-0.2, 0) is 25.7 Å². The van der Waals surface area contributed by atoms with Gasteiger partial charge in [0.05, 0.1) is 12.1 Å². The van der Waals surface area contributed by atoms with Gasteiger partial charge in [-0.3, -0.25) is 19.2 Å². The smallest absolute Gasteiger partial charge is 0.258 e. The molecule has 0 saturated heterocycles. The number of pyridine rings is 1. The first-order chi connectivity index (χ1) is 13.8. The second-order valence-corrected chi connectivity index (χ2v) is 6.86. The van der Waals surface area contributed by atoms with Crippen LogP contribution in [0.25, 0.3) is 17.0 Å². The second kappa shape index (κ2) is 8.36. The summed E-state index contributed by atoms with van der Waals surface area (Å²) in [7, 11) is 3.07. The van der Waals surface area contributed by atoms with Crippen LogP contribution in [0.1, 0.15) is 12.5 Å². The van der Waals surface area contributed by atoms with Gasteiger partial charge in [0.15, 0.2) is 17.5 Å². The van der Waals surface area contributed by atoms with Crippen molar-refractivity contribution in [1.82, 2.24) is 9.47 Å². The summed E-state index contributed by atoms with van der Waals surface area (Å²) >= 11 is 0. The van der Waals surface area contributed by atoms with Crippen molar-refractivity contribution < 1.29 is 19.1 Å². The Kier molecular flexibility index (Phi) is 5.89. The third kappa shape index (κ3) is 3.95. The number of hydrogen-bond donors (Lipinski definition) is 0. The zero-order chi connectivity index (χ0) is 21.1. The van der Waals surface area contributed by atoms with Crippen molar-refractivity contribution in [3.63, 3.8) is 0 Å². The fourth-order valence-corrected chi connectivity index (χ4v) is 3.28. The van der Waals surface area contributed by atoms with Crippen molar-refractivity contribution in [2.75, 3.05) is 20.8 Å². The lowest BCUT2D eigenvalue weighted by atomic mass is 9.92. The highest BCUT2D eigenvalue weighted by atomic mass is 16.5. The van der Waals surface area contributed by atoms with Crippen molar-refractivity contribution in [3.05, 3.63) is 64.1 Å². The molecule has 0 spiro atoms. The Morgan fingerprint density at radius 2 is 1.93 bits per heavy atom. The summed E-state index contributed by atoms with van der Waals surface area (Å²) < 4.78 is 6.68. The predicted octanol–water partition coefficient (Wildman–Crippen LogP) is 1.79. The van der Waals surface area contributed by atoms with Crippen LogP contribution in [0.4, 0.5) is 0 Å². The summed E-state index contributed by atoms with van der Waals surface area (Å²) in [6, 6.07) is 9.10. The molecule has 0 aliphatic carbocycles. The largest absolute Gasteiger partial charge is 0.383 e. The lowest BCUT2D eigenvalue weighted by molar-refractivity contribution is -0.142. The molecule has 150 valence electrons. The van der Waals surface area contributed by atoms with Gasteiger partial charge in [-0.15, -0.1) is 0 Å². The summed E-state index contributed by atoms with van der Waals surface area (Å²) in [5.74, 6) is -3.17. The number of ketones is 2. The number of carbonyl (C=O) groups is 3. The molecule has 0 bridgehead atoms. The maximum Gasteiger partial charge on any atom is 0.258 e. The maximum atomic E-state index is 12.9. The zero-order valence-electron chi connectivity index (χ0n) is 16.5. The Balaban J connectivity index is 1.97. The van der Waals surface area contributed by atoms with Gasteiger partial charge in [-0.1, -0.05) is 18.2 Å². The van der Waals surface area contributed by atoms with Gasteiger partial charge in [0.1, 0.15) is 0 Å². The van der Waals surface area contributed by atoms with Gasteiger partial charge in [0.25, 0.3) is 5.56 Å². The minimum Gasteiger partial charge on any atom is -0.383 e. The fourth-order valence-electron chi connectivity index (χ4n) is 3.28. The van der Waals surface area contributed by atoms with Gasteiger partial charge in [0.2, 0.25) is 5.91 Å². The SMILES string of the molecule is COCCn1c(=O)c(/C=C/C(=O)C2C(=O)C=C(C)N(C)C2=O)cc2ccccc21. The average Bonchev–Trinajstić information content (AvgIpc) is 2.70. The van der Waals surface area contributed by atoms with E-state index in [0.717, 1.165) is 17.0 Å². The number of nitrogens with zero attached hydrogens (tertiary/aromatic N) is 2. The number of hydrogen-bond acceptors (Lipinski definition) is 5. The quantitative estimate of drug-likeness (QED) is 0.551. The van der Waals surface area contributed by atoms with E-state index < -0.39 is 23.4 Å². The van der Waals surface area contributed by atoms with Crippen molar-refractivity contribution >= 4 is 34.5 Å². The molecule has 1 amide bonds. The highest BCUT2D eigenvalue weighted by Gasteiger charge is 2.37. The Morgan fingerprint density at radius 1 is 1.21 bits per heavy atom. The van der Waals surface area contributed by atoms with Gasteiger partial charge >= 0.3 is 0 Å². The van der Waals surface area contributed by atoms with Gasteiger partial charge in [-0.05, 0) is 36.6 Å². The molecule has 7 nitrogen and oxygen atoms in total. The van der Waals surface area contributed by atoms with E-state index in [9.17, 15) is 19.2 Å². The van der Waals surface area contributed by atoms with Crippen molar-refractivity contribution in [2.45, 2.75) is 13.5 Å². The minimum atomic E-state index is -1.41. The zero-order valence-corrected chi connectivity index (χ0v) is 16.5. The molecule has 0 fully saturated rings. The van der Waals surface area contributed by atoms with Crippen LogP contribution < -0.4 is 5.56 Å². The molecule has 1 atom stereocenters. The molecule has 2 heterocycles. The monoisotopic (exact) mass is 394 g/mol. The summed E-state index contributed by atoms with van der Waals surface area (Å²) in [4.78, 5) is 51.3. The van der Waals surface area contributed by atoms with E-state index in [1.54, 1.807) is 24.7 Å². The molecular formula is C22H22N2O5. The number of benzene rings is 1. The number of ether oxygens (including phenoxy) is 1. The molecule has 1 aromatic heterocycles. The summed E-state index contributed by atoms with van der Waals surface area (Å²) in [6.07, 6.45) is 3.78. The number of rotatable bonds is 6. The number of allylic oxidation sites excluding steroid dienone is 3. The lowest BCUT2D eigenvalue weighted by Crippen LogP contribution is -2.43. The van der Waals surface area contributed by atoms with Gasteiger partial charge in [-0.25, -0.2) is 0 Å². The number of carbonyl (C=O) groups excluding carboxylic acids is 3. The molecule has 0 radical (unpaired) electrons. The number of aromatic nitrogens is 1. The molecule has 1 aromatic carbocycles. The Bertz CT molecular complexity index is 1110. The molecule has 29 heavy (non-hydrogen) atoms. The van der Waals surface area contributed by atoms with Crippen LogP contribution >= 0.6 is 0 Å². The Morgan fingerprint density at radius 3 is 2.66 bits per heavy atom. The van der Waals surface area contributed by atoms with Crippen molar-refractivity contribution in [2.24, 2.45) is 5.92 Å². The van der Waals surface area contributed by atoms with Crippen LogP contribution in [0.2, 0.25) is 0 Å². The van der Waals surface area contributed by atoms with Crippen LogP contribution in [0.3, 0.4) is 0 Å². The molecule has 0 saturated carbocycles. The van der Waals surface area contributed by atoms with Crippen LogP contribution in [0.15, 0.2) is 53.0 Å². The van der Waals surface area contributed by atoms with E-state index >= 15 is 0 Å². The maximum absolute atomic E-state index is 12.9. The lowest BCUT2D eigenvalue weighted by Gasteiger charge is -2.25. The molecule has 1 unspecified atom stereocenters. The van der Waals surface area contributed by atoms with Gasteiger partial charge < -0.3 is 14.2 Å². The van der Waals surface area contributed by atoms with Crippen LogP contribution in [0, 0.1) is 5.92 Å². The molecule has 0 N–H and O–H groups in total. The molecule has 7 heteroatoms. The minimum absolute atomic E-state index is 0.279. The molecule has 1 aliphatic heterocycles. The highest BCUT2D eigenvalue weighted by Crippen LogP contribution is 2.19. The number of fused-ring (bicyclic) bond motifs is 1. The van der Waals surface area contributed by atoms with E-state index in [1.807, 2.05) is 24.3 Å².